The maximum Gasteiger partial charge on any atom is 0.415 e. The summed E-state index contributed by atoms with van der Waals surface area (Å²) in [6.45, 7) is 3.98. The Morgan fingerprint density at radius 3 is 3.00 bits per heavy atom. The molecule has 1 unspecified atom stereocenters. The molecule has 0 saturated carbocycles. The van der Waals surface area contributed by atoms with Crippen molar-refractivity contribution in [2.45, 2.75) is 24.1 Å². The lowest BCUT2D eigenvalue weighted by atomic mass is 10.3. The van der Waals surface area contributed by atoms with Crippen LogP contribution in [-0.2, 0) is 4.74 Å². The highest BCUT2D eigenvalue weighted by Crippen LogP contribution is 2.51. The maximum absolute atomic E-state index is 12.2. The lowest BCUT2D eigenvalue weighted by Gasteiger charge is -2.21. The number of nitrogens with zero attached hydrogens (tertiary/aromatic N) is 2. The van der Waals surface area contributed by atoms with Gasteiger partial charge in [-0.3, -0.25) is 4.90 Å². The standard InChI is InChI=1S/C14H14N2O3S/c1-3-18-14(17)16-10-6-4-5-7-11(10)20-13(16)12-15-9(2)8-19-12/h4-8,13H,3H2,1-2H3. The molecule has 1 aliphatic rings. The number of aromatic nitrogens is 1. The predicted octanol–water partition coefficient (Wildman–Crippen LogP) is 3.75. The Balaban J connectivity index is 2.00. The van der Waals surface area contributed by atoms with Crippen molar-refractivity contribution in [1.29, 1.82) is 0 Å². The van der Waals surface area contributed by atoms with Crippen molar-refractivity contribution in [3.05, 3.63) is 42.1 Å². The van der Waals surface area contributed by atoms with Gasteiger partial charge in [0.1, 0.15) is 6.26 Å². The molecule has 1 atom stereocenters. The molecule has 1 aromatic carbocycles. The number of thioether (sulfide) groups is 1. The van der Waals surface area contributed by atoms with Crippen LogP contribution in [0, 0.1) is 6.92 Å². The lowest BCUT2D eigenvalue weighted by Crippen LogP contribution is -2.31. The molecule has 2 aromatic rings. The van der Waals surface area contributed by atoms with Crippen molar-refractivity contribution < 1.29 is 13.9 Å². The minimum Gasteiger partial charge on any atom is -0.449 e. The van der Waals surface area contributed by atoms with Crippen molar-refractivity contribution in [3.63, 3.8) is 0 Å². The molecule has 3 rings (SSSR count). The number of oxazole rings is 1. The summed E-state index contributed by atoms with van der Waals surface area (Å²) >= 11 is 1.53. The van der Waals surface area contributed by atoms with Crippen molar-refractivity contribution >= 4 is 23.5 Å². The summed E-state index contributed by atoms with van der Waals surface area (Å²) < 4.78 is 10.6. The second-order valence-corrected chi connectivity index (χ2v) is 5.46. The quantitative estimate of drug-likeness (QED) is 0.843. The largest absolute Gasteiger partial charge is 0.449 e. The molecule has 1 amide bonds. The number of hydrogen-bond donors (Lipinski definition) is 0. The van der Waals surface area contributed by atoms with Crippen LogP contribution in [0.4, 0.5) is 10.5 Å². The van der Waals surface area contributed by atoms with Gasteiger partial charge in [-0.2, -0.15) is 0 Å². The van der Waals surface area contributed by atoms with Gasteiger partial charge in [0.2, 0.25) is 5.89 Å². The summed E-state index contributed by atoms with van der Waals surface area (Å²) in [6, 6.07) is 7.71. The van der Waals surface area contributed by atoms with Gasteiger partial charge < -0.3 is 9.15 Å². The highest BCUT2D eigenvalue weighted by atomic mass is 32.2. The molecule has 5 nitrogen and oxygen atoms in total. The Hall–Kier alpha value is -1.95. The lowest BCUT2D eigenvalue weighted by molar-refractivity contribution is 0.158. The van der Waals surface area contributed by atoms with Gasteiger partial charge in [0, 0.05) is 4.90 Å². The van der Waals surface area contributed by atoms with Gasteiger partial charge in [0.25, 0.3) is 0 Å². The number of benzene rings is 1. The summed E-state index contributed by atoms with van der Waals surface area (Å²) in [5.41, 5.74) is 1.62. The van der Waals surface area contributed by atoms with Gasteiger partial charge in [-0.25, -0.2) is 9.78 Å². The maximum atomic E-state index is 12.2. The van der Waals surface area contributed by atoms with Crippen LogP contribution in [0.5, 0.6) is 0 Å². The molecule has 0 bridgehead atoms. The molecule has 6 heteroatoms. The topological polar surface area (TPSA) is 55.6 Å². The summed E-state index contributed by atoms with van der Waals surface area (Å²) in [5, 5.41) is -0.319. The molecule has 0 radical (unpaired) electrons. The first-order valence-electron chi connectivity index (χ1n) is 6.34. The Labute approximate surface area is 120 Å². The molecule has 104 valence electrons. The minimum absolute atomic E-state index is 0.319. The Kier molecular flexibility index (Phi) is 3.40. The fraction of sp³-hybridized carbons (Fsp3) is 0.286. The SMILES string of the molecule is CCOC(=O)N1c2ccccc2SC1c1nc(C)co1. The van der Waals surface area contributed by atoms with Crippen molar-refractivity contribution in [1.82, 2.24) is 4.98 Å². The molecule has 0 fully saturated rings. The van der Waals surface area contributed by atoms with Gasteiger partial charge in [0.05, 0.1) is 18.0 Å². The Morgan fingerprint density at radius 1 is 1.50 bits per heavy atom. The number of para-hydroxylation sites is 1. The average molecular weight is 290 g/mol. The third-order valence-electron chi connectivity index (χ3n) is 2.91. The van der Waals surface area contributed by atoms with E-state index in [1.807, 2.05) is 31.2 Å². The van der Waals surface area contributed by atoms with Crippen LogP contribution in [0.3, 0.4) is 0 Å². The third kappa shape index (κ3) is 2.16. The van der Waals surface area contributed by atoms with E-state index < -0.39 is 0 Å². The molecule has 1 aromatic heterocycles. The molecular formula is C14H14N2O3S. The van der Waals surface area contributed by atoms with Gasteiger partial charge >= 0.3 is 6.09 Å². The summed E-state index contributed by atoms with van der Waals surface area (Å²) in [6.07, 6.45) is 1.20. The van der Waals surface area contributed by atoms with Gasteiger partial charge in [0.15, 0.2) is 5.37 Å². The molecule has 0 N–H and O–H groups in total. The highest BCUT2D eigenvalue weighted by molar-refractivity contribution is 8.00. The van der Waals surface area contributed by atoms with Crippen LogP contribution in [0.1, 0.15) is 23.9 Å². The van der Waals surface area contributed by atoms with E-state index in [-0.39, 0.29) is 11.5 Å². The molecule has 1 aliphatic heterocycles. The molecule has 2 heterocycles. The molecule has 0 aliphatic carbocycles. The van der Waals surface area contributed by atoms with Crippen LogP contribution < -0.4 is 4.90 Å². The van der Waals surface area contributed by atoms with Crippen LogP contribution in [-0.4, -0.2) is 17.7 Å². The molecule has 0 spiro atoms. The summed E-state index contributed by atoms with van der Waals surface area (Å²) in [4.78, 5) is 19.2. The summed E-state index contributed by atoms with van der Waals surface area (Å²) in [7, 11) is 0. The number of amides is 1. The second kappa shape index (κ2) is 5.20. The zero-order valence-electron chi connectivity index (χ0n) is 11.2. The smallest absolute Gasteiger partial charge is 0.415 e. The van der Waals surface area contributed by atoms with Gasteiger partial charge in [-0.1, -0.05) is 23.9 Å². The molecule has 0 saturated heterocycles. The van der Waals surface area contributed by atoms with Crippen LogP contribution in [0.2, 0.25) is 0 Å². The third-order valence-corrected chi connectivity index (χ3v) is 4.15. The average Bonchev–Trinajstić information content (AvgIpc) is 3.02. The molecular weight excluding hydrogens is 276 g/mol. The number of aryl methyl sites for hydroxylation is 1. The fourth-order valence-corrected chi connectivity index (χ4v) is 3.29. The second-order valence-electron chi connectivity index (χ2n) is 4.33. The first-order valence-corrected chi connectivity index (χ1v) is 7.22. The van der Waals surface area contributed by atoms with Gasteiger partial charge in [-0.05, 0) is 26.0 Å². The predicted molar refractivity (Wildman–Crippen MR) is 75.8 cm³/mol. The first-order chi connectivity index (χ1) is 9.70. The normalized spacial score (nSPS) is 17.1. The van der Waals surface area contributed by atoms with Crippen LogP contribution >= 0.6 is 11.8 Å². The number of carbonyl (C=O) groups excluding carboxylic acids is 1. The van der Waals surface area contributed by atoms with Crippen LogP contribution in [0.15, 0.2) is 39.8 Å². The van der Waals surface area contributed by atoms with E-state index in [1.165, 1.54) is 11.8 Å². The van der Waals surface area contributed by atoms with E-state index in [0.717, 1.165) is 16.3 Å². The van der Waals surface area contributed by atoms with E-state index >= 15 is 0 Å². The van der Waals surface area contributed by atoms with Gasteiger partial charge in [-0.15, -0.1) is 0 Å². The minimum atomic E-state index is -0.384. The van der Waals surface area contributed by atoms with E-state index in [1.54, 1.807) is 18.1 Å². The highest BCUT2D eigenvalue weighted by Gasteiger charge is 2.39. The number of carbonyl (C=O) groups is 1. The molecule has 20 heavy (non-hydrogen) atoms. The van der Waals surface area contributed by atoms with E-state index in [9.17, 15) is 4.79 Å². The number of hydrogen-bond acceptors (Lipinski definition) is 5. The zero-order valence-corrected chi connectivity index (χ0v) is 12.0. The van der Waals surface area contributed by atoms with E-state index in [4.69, 9.17) is 9.15 Å². The van der Waals surface area contributed by atoms with Crippen molar-refractivity contribution in [2.24, 2.45) is 0 Å². The van der Waals surface area contributed by atoms with E-state index in [2.05, 4.69) is 4.98 Å². The first kappa shape index (κ1) is 13.1. The van der Waals surface area contributed by atoms with Crippen molar-refractivity contribution in [2.75, 3.05) is 11.5 Å². The Morgan fingerprint density at radius 2 is 2.30 bits per heavy atom. The Bertz CT molecular complexity index is 641. The summed E-state index contributed by atoms with van der Waals surface area (Å²) in [5.74, 6) is 0.511. The zero-order chi connectivity index (χ0) is 14.1. The van der Waals surface area contributed by atoms with E-state index in [0.29, 0.717) is 12.5 Å². The monoisotopic (exact) mass is 290 g/mol. The number of ether oxygens (including phenoxy) is 1. The van der Waals surface area contributed by atoms with Crippen LogP contribution in [0.25, 0.3) is 0 Å². The number of fused-ring (bicyclic) bond motifs is 1. The number of rotatable bonds is 2. The fourth-order valence-electron chi connectivity index (χ4n) is 2.09. The number of anilines is 1. The van der Waals surface area contributed by atoms with Crippen molar-refractivity contribution in [3.8, 4) is 0 Å².